The number of nitrogens with zero attached hydrogens (tertiary/aromatic N) is 2. The highest BCUT2D eigenvalue weighted by Crippen LogP contribution is 2.16. The summed E-state index contributed by atoms with van der Waals surface area (Å²) in [6.07, 6.45) is 4.57. The average Bonchev–Trinajstić information content (AvgIpc) is 2.42. The van der Waals surface area contributed by atoms with E-state index >= 15 is 0 Å². The Morgan fingerprint density at radius 3 is 2.58 bits per heavy atom. The maximum atomic E-state index is 5.72. The molecule has 1 heterocycles. The zero-order valence-electron chi connectivity index (χ0n) is 11.1. The SMILES string of the molecule is CCCc1cc(Nc2ccc(CCCl)cc2)ncn1. The molecule has 0 aliphatic heterocycles. The molecule has 0 fully saturated rings. The number of aromatic nitrogens is 2. The molecule has 100 valence electrons. The number of halogens is 1. The average molecular weight is 276 g/mol. The van der Waals surface area contributed by atoms with Gasteiger partial charge in [-0.1, -0.05) is 25.5 Å². The van der Waals surface area contributed by atoms with Gasteiger partial charge in [-0.05, 0) is 30.5 Å². The van der Waals surface area contributed by atoms with Crippen LogP contribution in [0.3, 0.4) is 0 Å². The van der Waals surface area contributed by atoms with Crippen molar-refractivity contribution in [3.8, 4) is 0 Å². The van der Waals surface area contributed by atoms with Crippen LogP contribution in [0, 0.1) is 0 Å². The third-order valence-electron chi connectivity index (χ3n) is 2.84. The number of hydrogen-bond acceptors (Lipinski definition) is 3. The lowest BCUT2D eigenvalue weighted by Crippen LogP contribution is -1.97. The number of benzene rings is 1. The molecule has 4 heteroatoms. The summed E-state index contributed by atoms with van der Waals surface area (Å²) >= 11 is 5.72. The fraction of sp³-hybridized carbons (Fsp3) is 0.333. The second-order valence-electron chi connectivity index (χ2n) is 4.41. The highest BCUT2D eigenvalue weighted by Gasteiger charge is 1.99. The minimum absolute atomic E-state index is 0.652. The molecule has 3 nitrogen and oxygen atoms in total. The van der Waals surface area contributed by atoms with E-state index in [-0.39, 0.29) is 0 Å². The molecule has 0 bridgehead atoms. The molecule has 19 heavy (non-hydrogen) atoms. The molecular formula is C15H18ClN3. The number of aryl methyl sites for hydroxylation is 2. The van der Waals surface area contributed by atoms with Crippen molar-refractivity contribution in [2.45, 2.75) is 26.2 Å². The summed E-state index contributed by atoms with van der Waals surface area (Å²) in [6.45, 7) is 2.14. The van der Waals surface area contributed by atoms with Crippen molar-refractivity contribution < 1.29 is 0 Å². The number of rotatable bonds is 6. The molecule has 0 amide bonds. The van der Waals surface area contributed by atoms with E-state index in [0.717, 1.165) is 36.5 Å². The van der Waals surface area contributed by atoms with Crippen LogP contribution in [0.15, 0.2) is 36.7 Å². The molecule has 0 aliphatic rings. The fourth-order valence-corrected chi connectivity index (χ4v) is 2.09. The van der Waals surface area contributed by atoms with Gasteiger partial charge in [0.1, 0.15) is 12.1 Å². The molecule has 0 saturated carbocycles. The van der Waals surface area contributed by atoms with Gasteiger partial charge in [0.15, 0.2) is 0 Å². The lowest BCUT2D eigenvalue weighted by atomic mass is 10.1. The summed E-state index contributed by atoms with van der Waals surface area (Å²) in [5, 5.41) is 3.29. The zero-order valence-corrected chi connectivity index (χ0v) is 11.8. The minimum atomic E-state index is 0.652. The van der Waals surface area contributed by atoms with Crippen LogP contribution in [0.5, 0.6) is 0 Å². The van der Waals surface area contributed by atoms with Gasteiger partial charge in [-0.25, -0.2) is 9.97 Å². The summed E-state index contributed by atoms with van der Waals surface area (Å²) in [5.41, 5.74) is 3.34. The third-order valence-corrected chi connectivity index (χ3v) is 3.03. The summed E-state index contributed by atoms with van der Waals surface area (Å²) in [7, 11) is 0. The van der Waals surface area contributed by atoms with E-state index in [2.05, 4.69) is 34.3 Å². The Morgan fingerprint density at radius 1 is 1.11 bits per heavy atom. The maximum Gasteiger partial charge on any atom is 0.133 e. The van der Waals surface area contributed by atoms with Gasteiger partial charge in [0.25, 0.3) is 0 Å². The van der Waals surface area contributed by atoms with Crippen molar-refractivity contribution >= 4 is 23.1 Å². The second-order valence-corrected chi connectivity index (χ2v) is 4.78. The van der Waals surface area contributed by atoms with Crippen LogP contribution in [-0.2, 0) is 12.8 Å². The van der Waals surface area contributed by atoms with Gasteiger partial charge in [0.05, 0.1) is 0 Å². The number of nitrogens with one attached hydrogen (secondary N) is 1. The Kier molecular flexibility index (Phi) is 5.16. The first kappa shape index (κ1) is 13.8. The monoisotopic (exact) mass is 275 g/mol. The van der Waals surface area contributed by atoms with Crippen LogP contribution in [-0.4, -0.2) is 15.8 Å². The molecular weight excluding hydrogens is 258 g/mol. The largest absolute Gasteiger partial charge is 0.340 e. The van der Waals surface area contributed by atoms with Crippen molar-refractivity contribution in [1.82, 2.24) is 9.97 Å². The topological polar surface area (TPSA) is 37.8 Å². The molecule has 0 spiro atoms. The van der Waals surface area contributed by atoms with Gasteiger partial charge in [-0.15, -0.1) is 11.6 Å². The first-order chi connectivity index (χ1) is 9.31. The molecule has 0 saturated heterocycles. The van der Waals surface area contributed by atoms with Crippen LogP contribution in [0.2, 0.25) is 0 Å². The van der Waals surface area contributed by atoms with E-state index < -0.39 is 0 Å². The summed E-state index contributed by atoms with van der Waals surface area (Å²) in [6, 6.07) is 10.3. The van der Waals surface area contributed by atoms with E-state index in [1.165, 1.54) is 5.56 Å². The summed E-state index contributed by atoms with van der Waals surface area (Å²) < 4.78 is 0. The van der Waals surface area contributed by atoms with Gasteiger partial charge < -0.3 is 5.32 Å². The molecule has 1 aromatic heterocycles. The fourth-order valence-electron chi connectivity index (χ4n) is 1.87. The molecule has 0 radical (unpaired) electrons. The Hall–Kier alpha value is -1.61. The Balaban J connectivity index is 2.05. The van der Waals surface area contributed by atoms with Crippen molar-refractivity contribution in [3.05, 3.63) is 47.9 Å². The van der Waals surface area contributed by atoms with E-state index in [0.29, 0.717) is 5.88 Å². The normalized spacial score (nSPS) is 10.4. The smallest absolute Gasteiger partial charge is 0.133 e. The van der Waals surface area contributed by atoms with E-state index in [9.17, 15) is 0 Å². The second kappa shape index (κ2) is 7.10. The zero-order chi connectivity index (χ0) is 13.5. The molecule has 1 aromatic carbocycles. The lowest BCUT2D eigenvalue weighted by molar-refractivity contribution is 0.873. The van der Waals surface area contributed by atoms with Gasteiger partial charge in [0.2, 0.25) is 0 Å². The first-order valence-corrected chi connectivity index (χ1v) is 7.08. The minimum Gasteiger partial charge on any atom is -0.340 e. The number of alkyl halides is 1. The number of anilines is 2. The quantitative estimate of drug-likeness (QED) is 0.811. The third kappa shape index (κ3) is 4.21. The van der Waals surface area contributed by atoms with Gasteiger partial charge in [-0.2, -0.15) is 0 Å². The van der Waals surface area contributed by atoms with Crippen molar-refractivity contribution in [1.29, 1.82) is 0 Å². The highest BCUT2D eigenvalue weighted by atomic mass is 35.5. The predicted molar refractivity (Wildman–Crippen MR) is 80.2 cm³/mol. The standard InChI is InChI=1S/C15H18ClN3/c1-2-3-14-10-15(18-11-17-14)19-13-6-4-12(5-7-13)8-9-16/h4-7,10-11H,2-3,8-9H2,1H3,(H,17,18,19). The number of hydrogen-bond donors (Lipinski definition) is 1. The van der Waals surface area contributed by atoms with Crippen molar-refractivity contribution in [3.63, 3.8) is 0 Å². The highest BCUT2D eigenvalue weighted by molar-refractivity contribution is 6.17. The molecule has 1 N–H and O–H groups in total. The Bertz CT molecular complexity index is 511. The van der Waals surface area contributed by atoms with Crippen molar-refractivity contribution in [2.75, 3.05) is 11.2 Å². The first-order valence-electron chi connectivity index (χ1n) is 6.54. The predicted octanol–water partition coefficient (Wildman–Crippen LogP) is 3.95. The van der Waals surface area contributed by atoms with E-state index in [1.807, 2.05) is 18.2 Å². The van der Waals surface area contributed by atoms with Gasteiger partial charge >= 0.3 is 0 Å². The summed E-state index contributed by atoms with van der Waals surface area (Å²) in [5.74, 6) is 1.49. The Labute approximate surface area is 119 Å². The van der Waals surface area contributed by atoms with Crippen LogP contribution < -0.4 is 5.32 Å². The van der Waals surface area contributed by atoms with E-state index in [4.69, 9.17) is 11.6 Å². The summed E-state index contributed by atoms with van der Waals surface area (Å²) in [4.78, 5) is 8.48. The Morgan fingerprint density at radius 2 is 1.89 bits per heavy atom. The van der Waals surface area contributed by atoms with Crippen LogP contribution in [0.1, 0.15) is 24.6 Å². The maximum absolute atomic E-state index is 5.72. The van der Waals surface area contributed by atoms with Gasteiger partial charge in [0, 0.05) is 23.3 Å². The van der Waals surface area contributed by atoms with Crippen molar-refractivity contribution in [2.24, 2.45) is 0 Å². The molecule has 0 unspecified atom stereocenters. The molecule has 2 rings (SSSR count). The lowest BCUT2D eigenvalue weighted by Gasteiger charge is -2.07. The van der Waals surface area contributed by atoms with E-state index in [1.54, 1.807) is 6.33 Å². The molecule has 0 atom stereocenters. The van der Waals surface area contributed by atoms with Crippen LogP contribution >= 0.6 is 11.6 Å². The van der Waals surface area contributed by atoms with Crippen LogP contribution in [0.25, 0.3) is 0 Å². The van der Waals surface area contributed by atoms with Gasteiger partial charge in [-0.3, -0.25) is 0 Å². The van der Waals surface area contributed by atoms with Crippen LogP contribution in [0.4, 0.5) is 11.5 Å². The molecule has 2 aromatic rings. The molecule has 0 aliphatic carbocycles.